The van der Waals surface area contributed by atoms with Crippen molar-refractivity contribution in [1.29, 1.82) is 0 Å². The molecule has 0 aliphatic rings. The van der Waals surface area contributed by atoms with Gasteiger partial charge in [0.2, 0.25) is 0 Å². The lowest BCUT2D eigenvalue weighted by atomic mass is 10.0. The van der Waals surface area contributed by atoms with Crippen LogP contribution in [0.1, 0.15) is 34.2 Å². The first-order chi connectivity index (χ1) is 14.1. The van der Waals surface area contributed by atoms with Gasteiger partial charge < -0.3 is 9.15 Å². The van der Waals surface area contributed by atoms with Crippen LogP contribution in [-0.4, -0.2) is 17.5 Å². The zero-order valence-corrected chi connectivity index (χ0v) is 17.5. The van der Waals surface area contributed by atoms with Gasteiger partial charge in [-0.3, -0.25) is 9.69 Å². The number of aromatic nitrogens is 1. The summed E-state index contributed by atoms with van der Waals surface area (Å²) in [5.41, 5.74) is 3.41. The standard InChI is InChI=1S/C23H22N2O3S/c1-4-27-19-8-5-9-20-21(19)24-23(29-20)25(14-17-7-6-12-28-17)22(26)18-13-15(2)10-11-16(18)3/h5-13H,4,14H2,1-3H3. The van der Waals surface area contributed by atoms with Gasteiger partial charge >= 0.3 is 0 Å². The van der Waals surface area contributed by atoms with E-state index in [4.69, 9.17) is 14.1 Å². The van der Waals surface area contributed by atoms with Crippen molar-refractivity contribution in [1.82, 2.24) is 4.98 Å². The van der Waals surface area contributed by atoms with Crippen LogP contribution in [0.5, 0.6) is 5.75 Å². The number of furan rings is 1. The number of hydrogen-bond acceptors (Lipinski definition) is 5. The molecule has 148 valence electrons. The van der Waals surface area contributed by atoms with Crippen molar-refractivity contribution in [3.05, 3.63) is 77.2 Å². The van der Waals surface area contributed by atoms with Crippen molar-refractivity contribution in [3.8, 4) is 5.75 Å². The average Bonchev–Trinajstić information content (AvgIpc) is 3.37. The molecule has 4 rings (SSSR count). The first-order valence-corrected chi connectivity index (χ1v) is 10.3. The van der Waals surface area contributed by atoms with E-state index in [0.29, 0.717) is 29.6 Å². The summed E-state index contributed by atoms with van der Waals surface area (Å²) in [6.07, 6.45) is 1.61. The van der Waals surface area contributed by atoms with Crippen molar-refractivity contribution >= 4 is 32.6 Å². The van der Waals surface area contributed by atoms with Gasteiger partial charge in [0.25, 0.3) is 5.91 Å². The van der Waals surface area contributed by atoms with Gasteiger partial charge in [-0.2, -0.15) is 0 Å². The van der Waals surface area contributed by atoms with Crippen LogP contribution >= 0.6 is 11.3 Å². The van der Waals surface area contributed by atoms with Crippen LogP contribution in [0.4, 0.5) is 5.13 Å². The third kappa shape index (κ3) is 3.89. The summed E-state index contributed by atoms with van der Waals surface area (Å²) in [6.45, 7) is 6.74. The molecule has 0 N–H and O–H groups in total. The molecule has 0 unspecified atom stereocenters. The fourth-order valence-electron chi connectivity index (χ4n) is 3.20. The van der Waals surface area contributed by atoms with Crippen LogP contribution in [0, 0.1) is 13.8 Å². The van der Waals surface area contributed by atoms with Gasteiger partial charge in [0.1, 0.15) is 17.0 Å². The van der Waals surface area contributed by atoms with E-state index in [-0.39, 0.29) is 5.91 Å². The Morgan fingerprint density at radius 3 is 2.79 bits per heavy atom. The van der Waals surface area contributed by atoms with Gasteiger partial charge in [-0.25, -0.2) is 4.98 Å². The van der Waals surface area contributed by atoms with E-state index < -0.39 is 0 Å². The minimum absolute atomic E-state index is 0.0976. The van der Waals surface area contributed by atoms with Gasteiger partial charge in [0.15, 0.2) is 5.13 Å². The van der Waals surface area contributed by atoms with E-state index in [1.54, 1.807) is 11.2 Å². The number of nitrogens with zero attached hydrogens (tertiary/aromatic N) is 2. The number of benzene rings is 2. The molecule has 2 aromatic heterocycles. The summed E-state index contributed by atoms with van der Waals surface area (Å²) >= 11 is 1.47. The molecule has 0 radical (unpaired) electrons. The SMILES string of the molecule is CCOc1cccc2sc(N(Cc3ccco3)C(=O)c3cc(C)ccc3C)nc12. The average molecular weight is 407 g/mol. The monoisotopic (exact) mass is 406 g/mol. The molecule has 0 saturated carbocycles. The number of thiazole rings is 1. The molecule has 4 aromatic rings. The summed E-state index contributed by atoms with van der Waals surface area (Å²) in [4.78, 5) is 20.0. The lowest BCUT2D eigenvalue weighted by Gasteiger charge is -2.20. The number of carbonyl (C=O) groups is 1. The number of aryl methyl sites for hydroxylation is 2. The van der Waals surface area contributed by atoms with Gasteiger partial charge in [0, 0.05) is 5.56 Å². The lowest BCUT2D eigenvalue weighted by Crippen LogP contribution is -2.30. The zero-order valence-electron chi connectivity index (χ0n) is 16.6. The molecule has 1 amide bonds. The molecule has 6 heteroatoms. The van der Waals surface area contributed by atoms with Gasteiger partial charge in [-0.05, 0) is 56.7 Å². The van der Waals surface area contributed by atoms with Crippen LogP contribution < -0.4 is 9.64 Å². The predicted octanol–water partition coefficient (Wildman–Crippen LogP) is 5.75. The van der Waals surface area contributed by atoms with E-state index in [1.807, 2.05) is 69.3 Å². The second-order valence-electron chi connectivity index (χ2n) is 6.82. The number of amides is 1. The molecule has 5 nitrogen and oxygen atoms in total. The molecule has 0 atom stereocenters. The molecule has 2 aromatic carbocycles. The molecule has 0 aliphatic carbocycles. The largest absolute Gasteiger partial charge is 0.492 e. The van der Waals surface area contributed by atoms with Gasteiger partial charge in [-0.1, -0.05) is 35.1 Å². The molecular weight excluding hydrogens is 384 g/mol. The van der Waals surface area contributed by atoms with Crippen molar-refractivity contribution in [2.24, 2.45) is 0 Å². The Bertz CT molecular complexity index is 1150. The highest BCUT2D eigenvalue weighted by Gasteiger charge is 2.24. The smallest absolute Gasteiger partial charge is 0.260 e. The molecule has 29 heavy (non-hydrogen) atoms. The van der Waals surface area contributed by atoms with Gasteiger partial charge in [0.05, 0.1) is 24.1 Å². The van der Waals surface area contributed by atoms with Crippen molar-refractivity contribution in [3.63, 3.8) is 0 Å². The summed E-state index contributed by atoms with van der Waals surface area (Å²) in [5.74, 6) is 1.33. The number of anilines is 1. The molecule has 0 bridgehead atoms. The van der Waals surface area contributed by atoms with E-state index >= 15 is 0 Å². The number of carbonyl (C=O) groups excluding carboxylic acids is 1. The first-order valence-electron chi connectivity index (χ1n) is 9.50. The maximum atomic E-state index is 13.6. The highest BCUT2D eigenvalue weighted by atomic mass is 32.1. The third-order valence-corrected chi connectivity index (χ3v) is 5.71. The summed E-state index contributed by atoms with van der Waals surface area (Å²) in [5, 5.41) is 0.620. The van der Waals surface area contributed by atoms with Crippen LogP contribution in [0.3, 0.4) is 0 Å². The Hall–Kier alpha value is -3.12. The van der Waals surface area contributed by atoms with Gasteiger partial charge in [-0.15, -0.1) is 0 Å². The normalized spacial score (nSPS) is 11.0. The molecule has 0 saturated heterocycles. The minimum atomic E-state index is -0.0976. The Morgan fingerprint density at radius 2 is 2.03 bits per heavy atom. The maximum absolute atomic E-state index is 13.6. The summed E-state index contributed by atoms with van der Waals surface area (Å²) in [6, 6.07) is 15.4. The second kappa shape index (κ2) is 8.09. The maximum Gasteiger partial charge on any atom is 0.260 e. The molecular formula is C23H22N2O3S. The summed E-state index contributed by atoms with van der Waals surface area (Å²) in [7, 11) is 0. The lowest BCUT2D eigenvalue weighted by molar-refractivity contribution is 0.0982. The van der Waals surface area contributed by atoms with Crippen molar-refractivity contribution in [2.45, 2.75) is 27.3 Å². The number of rotatable bonds is 6. The fraction of sp³-hybridized carbons (Fsp3) is 0.217. The first kappa shape index (κ1) is 19.2. The van der Waals surface area contributed by atoms with Crippen LogP contribution in [-0.2, 0) is 6.54 Å². The minimum Gasteiger partial charge on any atom is -0.492 e. The number of fused-ring (bicyclic) bond motifs is 1. The number of hydrogen-bond donors (Lipinski definition) is 0. The van der Waals surface area contributed by atoms with E-state index in [1.165, 1.54) is 11.3 Å². The number of ether oxygens (including phenoxy) is 1. The van der Waals surface area contributed by atoms with E-state index in [2.05, 4.69) is 0 Å². The highest BCUT2D eigenvalue weighted by Crippen LogP contribution is 2.35. The molecule has 0 spiro atoms. The molecule has 2 heterocycles. The van der Waals surface area contributed by atoms with E-state index in [9.17, 15) is 4.79 Å². The van der Waals surface area contributed by atoms with Crippen molar-refractivity contribution in [2.75, 3.05) is 11.5 Å². The molecule has 0 aliphatic heterocycles. The second-order valence-corrected chi connectivity index (χ2v) is 7.83. The topological polar surface area (TPSA) is 55.6 Å². The Kier molecular flexibility index (Phi) is 5.36. The Balaban J connectivity index is 1.80. The zero-order chi connectivity index (χ0) is 20.4. The summed E-state index contributed by atoms with van der Waals surface area (Å²) < 4.78 is 12.2. The fourth-order valence-corrected chi connectivity index (χ4v) is 4.18. The van der Waals surface area contributed by atoms with E-state index in [0.717, 1.165) is 27.1 Å². The molecule has 0 fully saturated rings. The van der Waals surface area contributed by atoms with Crippen LogP contribution in [0.25, 0.3) is 10.2 Å². The van der Waals surface area contributed by atoms with Crippen molar-refractivity contribution < 1.29 is 13.9 Å². The van der Waals surface area contributed by atoms with Crippen LogP contribution in [0.15, 0.2) is 59.2 Å². The predicted molar refractivity (Wildman–Crippen MR) is 116 cm³/mol. The Labute approximate surface area is 173 Å². The number of para-hydroxylation sites is 1. The van der Waals surface area contributed by atoms with Crippen LogP contribution in [0.2, 0.25) is 0 Å². The highest BCUT2D eigenvalue weighted by molar-refractivity contribution is 7.22. The Morgan fingerprint density at radius 1 is 1.17 bits per heavy atom. The third-order valence-electron chi connectivity index (χ3n) is 4.66. The quantitative estimate of drug-likeness (QED) is 0.409.